The van der Waals surface area contributed by atoms with Gasteiger partial charge in [-0.1, -0.05) is 19.3 Å². The van der Waals surface area contributed by atoms with Gasteiger partial charge in [-0.2, -0.15) is 0 Å². The summed E-state index contributed by atoms with van der Waals surface area (Å²) in [6.07, 6.45) is 5.13. The van der Waals surface area contributed by atoms with Crippen molar-refractivity contribution < 1.29 is 32.6 Å². The Hall–Kier alpha value is -3.49. The number of amides is 2. The lowest BCUT2D eigenvalue weighted by molar-refractivity contribution is -0.128. The van der Waals surface area contributed by atoms with E-state index in [0.717, 1.165) is 44.2 Å². The van der Waals surface area contributed by atoms with Crippen molar-refractivity contribution in [3.8, 4) is 11.5 Å². The lowest BCUT2D eigenvalue weighted by atomic mass is 9.95. The van der Waals surface area contributed by atoms with E-state index in [-0.39, 0.29) is 35.8 Å². The van der Waals surface area contributed by atoms with Crippen molar-refractivity contribution in [3.05, 3.63) is 53.6 Å². The van der Waals surface area contributed by atoms with Gasteiger partial charge in [0.2, 0.25) is 5.91 Å². The predicted molar refractivity (Wildman–Crippen MR) is 120 cm³/mol. The van der Waals surface area contributed by atoms with Crippen LogP contribution in [-0.4, -0.2) is 42.9 Å². The van der Waals surface area contributed by atoms with Crippen LogP contribution in [0.1, 0.15) is 49.4 Å². The summed E-state index contributed by atoms with van der Waals surface area (Å²) in [6, 6.07) is 6.86. The summed E-state index contributed by atoms with van der Waals surface area (Å²) in [5.74, 6) is -2.78. The SMILES string of the molecule is C[C@H](C(=O)NC1CCCCC1)N1C(=O)COc2ccc(C(=O)COc3ccc(F)c(F)c3)cc21. The van der Waals surface area contributed by atoms with E-state index in [1.54, 1.807) is 13.0 Å². The number of anilines is 1. The molecule has 2 amide bonds. The maximum absolute atomic E-state index is 13.4. The summed E-state index contributed by atoms with van der Waals surface area (Å²) >= 11 is 0. The second-order valence-electron chi connectivity index (χ2n) is 8.54. The second kappa shape index (κ2) is 10.2. The fourth-order valence-corrected chi connectivity index (χ4v) is 4.25. The minimum Gasteiger partial charge on any atom is -0.485 e. The molecule has 0 radical (unpaired) electrons. The number of halogens is 2. The second-order valence-corrected chi connectivity index (χ2v) is 8.54. The molecular formula is C25H26F2N2O5. The Morgan fingerprint density at radius 2 is 1.88 bits per heavy atom. The average Bonchev–Trinajstić information content (AvgIpc) is 2.84. The molecule has 4 rings (SSSR count). The van der Waals surface area contributed by atoms with Gasteiger partial charge in [0.05, 0.1) is 5.69 Å². The van der Waals surface area contributed by atoms with Gasteiger partial charge in [-0.3, -0.25) is 19.3 Å². The van der Waals surface area contributed by atoms with Gasteiger partial charge in [0, 0.05) is 17.7 Å². The average molecular weight is 472 g/mol. The number of carbonyl (C=O) groups excluding carboxylic acids is 3. The summed E-state index contributed by atoms with van der Waals surface area (Å²) in [6.45, 7) is 1.02. The highest BCUT2D eigenvalue weighted by Crippen LogP contribution is 2.35. The highest BCUT2D eigenvalue weighted by molar-refractivity contribution is 6.05. The molecule has 0 saturated heterocycles. The van der Waals surface area contributed by atoms with E-state index in [1.807, 2.05) is 0 Å². The van der Waals surface area contributed by atoms with Crippen LogP contribution < -0.4 is 19.7 Å². The summed E-state index contributed by atoms with van der Waals surface area (Å²) in [7, 11) is 0. The molecule has 1 fully saturated rings. The first-order valence-electron chi connectivity index (χ1n) is 11.3. The van der Waals surface area contributed by atoms with E-state index < -0.39 is 30.1 Å². The molecule has 0 aromatic heterocycles. The Labute approximate surface area is 196 Å². The molecule has 2 aromatic carbocycles. The lowest BCUT2D eigenvalue weighted by Gasteiger charge is -2.34. The molecule has 0 unspecified atom stereocenters. The molecule has 9 heteroatoms. The van der Waals surface area contributed by atoms with Crippen molar-refractivity contribution in [1.29, 1.82) is 0 Å². The van der Waals surface area contributed by atoms with Crippen LogP contribution >= 0.6 is 0 Å². The van der Waals surface area contributed by atoms with Gasteiger partial charge in [0.1, 0.15) is 17.5 Å². The van der Waals surface area contributed by atoms with E-state index in [2.05, 4.69) is 5.32 Å². The third kappa shape index (κ3) is 5.18. The molecule has 1 heterocycles. The molecule has 34 heavy (non-hydrogen) atoms. The summed E-state index contributed by atoms with van der Waals surface area (Å²) in [4.78, 5) is 39.6. The van der Waals surface area contributed by atoms with Crippen LogP contribution in [0, 0.1) is 11.6 Å². The van der Waals surface area contributed by atoms with Crippen LogP contribution in [0.25, 0.3) is 0 Å². The Morgan fingerprint density at radius 1 is 1.12 bits per heavy atom. The van der Waals surface area contributed by atoms with Gasteiger partial charge in [0.15, 0.2) is 30.6 Å². The minimum absolute atomic E-state index is 0.0124. The standard InChI is InChI=1S/C25H26F2N2O5/c1-15(25(32)28-17-5-3-2-4-6-17)29-21-11-16(7-10-23(21)34-14-24(29)31)22(30)13-33-18-8-9-19(26)20(27)12-18/h7-12,15,17H,2-6,13-14H2,1H3,(H,28,32)/t15-/m1/s1. The number of rotatable bonds is 7. The third-order valence-corrected chi connectivity index (χ3v) is 6.14. The van der Waals surface area contributed by atoms with Crippen LogP contribution in [0.4, 0.5) is 14.5 Å². The molecule has 1 aliphatic carbocycles. The predicted octanol–water partition coefficient (Wildman–Crippen LogP) is 3.79. The van der Waals surface area contributed by atoms with Crippen LogP contribution in [0.3, 0.4) is 0 Å². The fourth-order valence-electron chi connectivity index (χ4n) is 4.25. The number of hydrogen-bond donors (Lipinski definition) is 1. The highest BCUT2D eigenvalue weighted by atomic mass is 19.2. The maximum atomic E-state index is 13.4. The number of nitrogens with zero attached hydrogens (tertiary/aromatic N) is 1. The smallest absolute Gasteiger partial charge is 0.265 e. The number of benzene rings is 2. The maximum Gasteiger partial charge on any atom is 0.265 e. The summed E-state index contributed by atoms with van der Waals surface area (Å²) < 4.78 is 37.2. The first-order valence-corrected chi connectivity index (χ1v) is 11.3. The molecule has 1 N–H and O–H groups in total. The first-order chi connectivity index (χ1) is 16.3. The molecule has 1 atom stereocenters. The molecule has 7 nitrogen and oxygen atoms in total. The van der Waals surface area contributed by atoms with Gasteiger partial charge in [-0.25, -0.2) is 8.78 Å². The Balaban J connectivity index is 1.49. The highest BCUT2D eigenvalue weighted by Gasteiger charge is 2.34. The third-order valence-electron chi connectivity index (χ3n) is 6.14. The fraction of sp³-hybridized carbons (Fsp3) is 0.400. The van der Waals surface area contributed by atoms with Gasteiger partial charge >= 0.3 is 0 Å². The number of carbonyl (C=O) groups is 3. The molecule has 2 aliphatic rings. The monoisotopic (exact) mass is 472 g/mol. The van der Waals surface area contributed by atoms with Crippen molar-refractivity contribution in [2.45, 2.75) is 51.1 Å². The number of fused-ring (bicyclic) bond motifs is 1. The minimum atomic E-state index is -1.08. The van der Waals surface area contributed by atoms with Crippen LogP contribution in [0.2, 0.25) is 0 Å². The van der Waals surface area contributed by atoms with Gasteiger partial charge in [0.25, 0.3) is 5.91 Å². The van der Waals surface area contributed by atoms with Gasteiger partial charge in [-0.15, -0.1) is 0 Å². The van der Waals surface area contributed by atoms with Crippen molar-refractivity contribution in [2.75, 3.05) is 18.1 Å². The Bertz CT molecular complexity index is 1100. The largest absolute Gasteiger partial charge is 0.485 e. The first kappa shape index (κ1) is 23.7. The summed E-state index contributed by atoms with van der Waals surface area (Å²) in [5, 5.41) is 3.03. The molecular weight excluding hydrogens is 446 g/mol. The molecule has 180 valence electrons. The Morgan fingerprint density at radius 3 is 2.62 bits per heavy atom. The molecule has 0 spiro atoms. The van der Waals surface area contributed by atoms with Crippen molar-refractivity contribution in [3.63, 3.8) is 0 Å². The number of nitrogens with one attached hydrogen (secondary N) is 1. The van der Waals surface area contributed by atoms with Crippen LogP contribution in [0.15, 0.2) is 36.4 Å². The van der Waals surface area contributed by atoms with E-state index in [4.69, 9.17) is 9.47 Å². The number of ketones is 1. The van der Waals surface area contributed by atoms with Crippen molar-refractivity contribution in [2.24, 2.45) is 0 Å². The molecule has 1 aliphatic heterocycles. The van der Waals surface area contributed by atoms with E-state index in [1.165, 1.54) is 23.1 Å². The zero-order valence-electron chi connectivity index (χ0n) is 18.8. The number of hydrogen-bond acceptors (Lipinski definition) is 5. The number of ether oxygens (including phenoxy) is 2. The molecule has 0 bridgehead atoms. The molecule has 2 aromatic rings. The zero-order valence-corrected chi connectivity index (χ0v) is 18.8. The van der Waals surface area contributed by atoms with Gasteiger partial charge in [-0.05, 0) is 50.1 Å². The van der Waals surface area contributed by atoms with E-state index in [0.29, 0.717) is 11.4 Å². The zero-order chi connectivity index (χ0) is 24.2. The topological polar surface area (TPSA) is 84.9 Å². The van der Waals surface area contributed by atoms with Crippen molar-refractivity contribution >= 4 is 23.3 Å². The Kier molecular flexibility index (Phi) is 7.09. The summed E-state index contributed by atoms with van der Waals surface area (Å²) in [5.41, 5.74) is 0.547. The quantitative estimate of drug-likeness (QED) is 0.620. The van der Waals surface area contributed by atoms with Crippen LogP contribution in [0.5, 0.6) is 11.5 Å². The molecule has 1 saturated carbocycles. The number of Topliss-reactive ketones (excluding diaryl/α,β-unsaturated/α-hetero) is 1. The van der Waals surface area contributed by atoms with E-state index >= 15 is 0 Å². The van der Waals surface area contributed by atoms with Crippen molar-refractivity contribution in [1.82, 2.24) is 5.32 Å². The lowest BCUT2D eigenvalue weighted by Crippen LogP contribution is -2.53. The van der Waals surface area contributed by atoms with Gasteiger partial charge < -0.3 is 14.8 Å². The van der Waals surface area contributed by atoms with E-state index in [9.17, 15) is 23.2 Å². The normalized spacial score (nSPS) is 16.9. The van der Waals surface area contributed by atoms with Crippen LogP contribution in [-0.2, 0) is 9.59 Å².